The number of carbonyl (C=O) groups excluding carboxylic acids is 1. The summed E-state index contributed by atoms with van der Waals surface area (Å²) < 4.78 is 4.95. The molecule has 1 N–H and O–H groups in total. The molecule has 2 rings (SSSR count). The van der Waals surface area contributed by atoms with Crippen LogP contribution in [0.15, 0.2) is 36.4 Å². The van der Waals surface area contributed by atoms with Crippen molar-refractivity contribution in [1.29, 1.82) is 0 Å². The van der Waals surface area contributed by atoms with E-state index in [0.717, 1.165) is 5.56 Å². The lowest BCUT2D eigenvalue weighted by Gasteiger charge is -2.06. The number of aromatic nitrogens is 2. The van der Waals surface area contributed by atoms with Gasteiger partial charge in [-0.2, -0.15) is 4.98 Å². The van der Waals surface area contributed by atoms with Crippen LogP contribution in [-0.4, -0.2) is 23.0 Å². The molecule has 2 aromatic rings. The molecule has 0 aliphatic heterocycles. The zero-order valence-corrected chi connectivity index (χ0v) is 11.0. The molecule has 19 heavy (non-hydrogen) atoms. The average Bonchev–Trinajstić information content (AvgIpc) is 2.38. The van der Waals surface area contributed by atoms with Crippen molar-refractivity contribution >= 4 is 23.5 Å². The van der Waals surface area contributed by atoms with E-state index >= 15 is 0 Å². The largest absolute Gasteiger partial charge is 0.481 e. The van der Waals surface area contributed by atoms with E-state index in [2.05, 4.69) is 15.3 Å². The average molecular weight is 278 g/mol. The first-order valence-corrected chi connectivity index (χ1v) is 5.97. The van der Waals surface area contributed by atoms with Crippen LogP contribution in [0.5, 0.6) is 5.88 Å². The van der Waals surface area contributed by atoms with E-state index in [1.807, 2.05) is 30.3 Å². The van der Waals surface area contributed by atoms with Crippen LogP contribution < -0.4 is 10.1 Å². The van der Waals surface area contributed by atoms with Gasteiger partial charge in [0.15, 0.2) is 0 Å². The Kier molecular flexibility index (Phi) is 4.30. The second-order valence-corrected chi connectivity index (χ2v) is 4.15. The molecule has 0 aliphatic carbocycles. The molecule has 0 saturated carbocycles. The molecule has 0 saturated heterocycles. The van der Waals surface area contributed by atoms with Gasteiger partial charge in [0.2, 0.25) is 17.7 Å². The Bertz CT molecular complexity index is 575. The Morgan fingerprint density at radius 2 is 2.05 bits per heavy atom. The maximum Gasteiger partial charge on any atom is 0.234 e. The molecular weight excluding hydrogens is 266 g/mol. The highest BCUT2D eigenvalue weighted by atomic mass is 35.5. The minimum absolute atomic E-state index is 0.130. The number of anilines is 1. The van der Waals surface area contributed by atoms with Crippen molar-refractivity contribution in [1.82, 2.24) is 9.97 Å². The van der Waals surface area contributed by atoms with Crippen LogP contribution >= 0.6 is 11.6 Å². The third-order valence-corrected chi connectivity index (χ3v) is 2.53. The zero-order chi connectivity index (χ0) is 13.7. The lowest BCUT2D eigenvalue weighted by atomic mass is 10.1. The van der Waals surface area contributed by atoms with Gasteiger partial charge in [0.1, 0.15) is 5.15 Å². The predicted octanol–water partition coefficient (Wildman–Crippen LogP) is 2.32. The molecular formula is C13H12ClN3O2. The molecule has 0 aliphatic rings. The topological polar surface area (TPSA) is 64.1 Å². The highest BCUT2D eigenvalue weighted by molar-refractivity contribution is 6.29. The maximum absolute atomic E-state index is 11.8. The Labute approximate surface area is 115 Å². The van der Waals surface area contributed by atoms with E-state index in [-0.39, 0.29) is 23.4 Å². The number of carbonyl (C=O) groups is 1. The minimum Gasteiger partial charge on any atom is -0.481 e. The van der Waals surface area contributed by atoms with Crippen LogP contribution in [0.3, 0.4) is 0 Å². The van der Waals surface area contributed by atoms with E-state index < -0.39 is 0 Å². The third-order valence-electron chi connectivity index (χ3n) is 2.34. The van der Waals surface area contributed by atoms with Gasteiger partial charge >= 0.3 is 0 Å². The fourth-order valence-corrected chi connectivity index (χ4v) is 1.68. The molecule has 0 spiro atoms. The number of benzene rings is 1. The van der Waals surface area contributed by atoms with Crippen molar-refractivity contribution in [3.05, 3.63) is 47.1 Å². The minimum atomic E-state index is -0.212. The lowest BCUT2D eigenvalue weighted by Crippen LogP contribution is -2.16. The Balaban J connectivity index is 2.05. The van der Waals surface area contributed by atoms with E-state index in [9.17, 15) is 4.79 Å². The Morgan fingerprint density at radius 1 is 1.32 bits per heavy atom. The summed E-state index contributed by atoms with van der Waals surface area (Å²) in [6.45, 7) is 0. The summed E-state index contributed by atoms with van der Waals surface area (Å²) in [5.41, 5.74) is 0.911. The summed E-state index contributed by atoms with van der Waals surface area (Å²) in [5.74, 6) is 0.218. The fraction of sp³-hybridized carbons (Fsp3) is 0.154. The van der Waals surface area contributed by atoms with Crippen molar-refractivity contribution in [3.8, 4) is 5.88 Å². The number of rotatable bonds is 4. The second kappa shape index (κ2) is 6.15. The molecule has 1 amide bonds. The molecule has 0 fully saturated rings. The number of hydrogen-bond donors (Lipinski definition) is 1. The first kappa shape index (κ1) is 13.3. The number of nitrogens with zero attached hydrogens (tertiary/aromatic N) is 2. The molecule has 98 valence electrons. The fourth-order valence-electron chi connectivity index (χ4n) is 1.51. The van der Waals surface area contributed by atoms with Gasteiger partial charge in [0.25, 0.3) is 0 Å². The van der Waals surface area contributed by atoms with Gasteiger partial charge in [-0.3, -0.25) is 10.1 Å². The SMILES string of the molecule is COc1cc(Cl)nc(NC(=O)Cc2ccccc2)n1. The van der Waals surface area contributed by atoms with Crippen LogP contribution in [0.25, 0.3) is 0 Å². The number of hydrogen-bond acceptors (Lipinski definition) is 4. The quantitative estimate of drug-likeness (QED) is 0.871. The highest BCUT2D eigenvalue weighted by Gasteiger charge is 2.08. The molecule has 6 heteroatoms. The number of halogens is 1. The van der Waals surface area contributed by atoms with Gasteiger partial charge in [-0.05, 0) is 5.56 Å². The lowest BCUT2D eigenvalue weighted by molar-refractivity contribution is -0.115. The first-order valence-electron chi connectivity index (χ1n) is 5.60. The summed E-state index contributed by atoms with van der Waals surface area (Å²) in [6.07, 6.45) is 0.249. The molecule has 1 aromatic heterocycles. The summed E-state index contributed by atoms with van der Waals surface area (Å²) in [7, 11) is 1.47. The normalized spacial score (nSPS) is 10.0. The highest BCUT2D eigenvalue weighted by Crippen LogP contribution is 2.15. The smallest absolute Gasteiger partial charge is 0.234 e. The molecule has 0 radical (unpaired) electrons. The second-order valence-electron chi connectivity index (χ2n) is 3.77. The van der Waals surface area contributed by atoms with E-state index in [1.165, 1.54) is 13.2 Å². The van der Waals surface area contributed by atoms with Crippen molar-refractivity contribution in [2.45, 2.75) is 6.42 Å². The summed E-state index contributed by atoms with van der Waals surface area (Å²) in [4.78, 5) is 19.7. The Hall–Kier alpha value is -2.14. The van der Waals surface area contributed by atoms with Crippen molar-refractivity contribution in [3.63, 3.8) is 0 Å². The molecule has 1 aromatic carbocycles. The monoisotopic (exact) mass is 277 g/mol. The van der Waals surface area contributed by atoms with Crippen LogP contribution in [-0.2, 0) is 11.2 Å². The van der Waals surface area contributed by atoms with Crippen LogP contribution in [0.2, 0.25) is 5.15 Å². The first-order chi connectivity index (χ1) is 9.17. The van der Waals surface area contributed by atoms with Crippen molar-refractivity contribution in [2.24, 2.45) is 0 Å². The van der Waals surface area contributed by atoms with Crippen molar-refractivity contribution < 1.29 is 9.53 Å². The van der Waals surface area contributed by atoms with Gasteiger partial charge in [-0.1, -0.05) is 41.9 Å². The predicted molar refractivity (Wildman–Crippen MR) is 72.4 cm³/mol. The van der Waals surface area contributed by atoms with Gasteiger partial charge in [-0.15, -0.1) is 0 Å². The van der Waals surface area contributed by atoms with E-state index in [4.69, 9.17) is 16.3 Å². The van der Waals surface area contributed by atoms with Crippen LogP contribution in [0, 0.1) is 0 Å². The zero-order valence-electron chi connectivity index (χ0n) is 10.3. The summed E-state index contributed by atoms with van der Waals surface area (Å²) >= 11 is 5.79. The summed E-state index contributed by atoms with van der Waals surface area (Å²) in [6, 6.07) is 10.9. The molecule has 0 bridgehead atoms. The van der Waals surface area contributed by atoms with Gasteiger partial charge in [0.05, 0.1) is 13.5 Å². The molecule has 0 unspecified atom stereocenters. The third kappa shape index (κ3) is 3.93. The maximum atomic E-state index is 11.8. The number of amides is 1. The summed E-state index contributed by atoms with van der Waals surface area (Å²) in [5, 5.41) is 2.79. The number of methoxy groups -OCH3 is 1. The van der Waals surface area contributed by atoms with Gasteiger partial charge < -0.3 is 4.74 Å². The number of nitrogens with one attached hydrogen (secondary N) is 1. The molecule has 1 heterocycles. The van der Waals surface area contributed by atoms with Gasteiger partial charge in [-0.25, -0.2) is 4.98 Å². The number of ether oxygens (including phenoxy) is 1. The Morgan fingerprint density at radius 3 is 2.74 bits per heavy atom. The van der Waals surface area contributed by atoms with E-state index in [1.54, 1.807) is 0 Å². The van der Waals surface area contributed by atoms with Crippen LogP contribution in [0.4, 0.5) is 5.95 Å². The molecule has 5 nitrogen and oxygen atoms in total. The van der Waals surface area contributed by atoms with Crippen molar-refractivity contribution in [2.75, 3.05) is 12.4 Å². The standard InChI is InChI=1S/C13H12ClN3O2/c1-19-12-8-10(14)15-13(17-12)16-11(18)7-9-5-3-2-4-6-9/h2-6,8H,7H2,1H3,(H,15,16,17,18). The van der Waals surface area contributed by atoms with Crippen LogP contribution in [0.1, 0.15) is 5.56 Å². The van der Waals surface area contributed by atoms with E-state index in [0.29, 0.717) is 5.88 Å². The van der Waals surface area contributed by atoms with Gasteiger partial charge in [0, 0.05) is 6.07 Å². The molecule has 0 atom stereocenters.